The largest absolute Gasteiger partial charge is 0.573 e. The van der Waals surface area contributed by atoms with Crippen molar-refractivity contribution in [3.8, 4) is 5.75 Å². The zero-order valence-electron chi connectivity index (χ0n) is 16.9. The predicted octanol–water partition coefficient (Wildman–Crippen LogP) is 3.40. The maximum Gasteiger partial charge on any atom is 0.573 e. The van der Waals surface area contributed by atoms with E-state index >= 15 is 0 Å². The first kappa shape index (κ1) is 23.0. The van der Waals surface area contributed by atoms with E-state index < -0.39 is 6.36 Å². The van der Waals surface area contributed by atoms with Gasteiger partial charge in [0.15, 0.2) is 0 Å². The van der Waals surface area contributed by atoms with Gasteiger partial charge in [0.2, 0.25) is 11.8 Å². The Kier molecular flexibility index (Phi) is 7.89. The number of carbonyl (C=O) groups excluding carboxylic acids is 2. The molecule has 1 aromatic carbocycles. The Morgan fingerprint density at radius 2 is 1.72 bits per heavy atom. The zero-order valence-corrected chi connectivity index (χ0v) is 16.9. The highest BCUT2D eigenvalue weighted by atomic mass is 19.4. The SMILES string of the molecule is C[C@H]1[C@@H](NC(=O)CN(C)CC(=O)Nc2ccc(OC(F)(F)F)cc2)CCC[C@@H]1C. The van der Waals surface area contributed by atoms with Crippen LogP contribution in [0.1, 0.15) is 33.1 Å². The number of halogens is 3. The molecule has 0 heterocycles. The molecule has 162 valence electrons. The van der Waals surface area contributed by atoms with E-state index in [4.69, 9.17) is 0 Å². The number of benzene rings is 1. The molecule has 3 atom stereocenters. The summed E-state index contributed by atoms with van der Waals surface area (Å²) < 4.78 is 40.3. The Labute approximate surface area is 168 Å². The van der Waals surface area contributed by atoms with Gasteiger partial charge in [-0.15, -0.1) is 13.2 Å². The normalized spacial score (nSPS) is 22.2. The number of hydrogen-bond donors (Lipinski definition) is 2. The summed E-state index contributed by atoms with van der Waals surface area (Å²) in [7, 11) is 1.66. The summed E-state index contributed by atoms with van der Waals surface area (Å²) in [6.07, 6.45) is -1.52. The summed E-state index contributed by atoms with van der Waals surface area (Å²) >= 11 is 0. The highest BCUT2D eigenvalue weighted by Crippen LogP contribution is 2.29. The van der Waals surface area contributed by atoms with Crippen LogP contribution in [-0.4, -0.2) is 49.3 Å². The van der Waals surface area contributed by atoms with Crippen molar-refractivity contribution in [3.63, 3.8) is 0 Å². The van der Waals surface area contributed by atoms with Crippen LogP contribution >= 0.6 is 0 Å². The molecule has 1 aliphatic rings. The van der Waals surface area contributed by atoms with Gasteiger partial charge in [0, 0.05) is 11.7 Å². The molecule has 9 heteroatoms. The number of ether oxygens (including phenoxy) is 1. The molecule has 0 aromatic heterocycles. The minimum absolute atomic E-state index is 0.0230. The van der Waals surface area contributed by atoms with Crippen molar-refractivity contribution >= 4 is 17.5 Å². The fourth-order valence-electron chi connectivity index (χ4n) is 3.52. The molecule has 1 aromatic rings. The number of rotatable bonds is 7. The smallest absolute Gasteiger partial charge is 0.406 e. The van der Waals surface area contributed by atoms with E-state index in [1.165, 1.54) is 18.6 Å². The Morgan fingerprint density at radius 1 is 1.10 bits per heavy atom. The number of anilines is 1. The Hall–Kier alpha value is -2.29. The van der Waals surface area contributed by atoms with Gasteiger partial charge >= 0.3 is 6.36 Å². The van der Waals surface area contributed by atoms with E-state index in [1.807, 2.05) is 0 Å². The summed E-state index contributed by atoms with van der Waals surface area (Å²) in [5.41, 5.74) is 0.340. The van der Waals surface area contributed by atoms with Crippen molar-refractivity contribution in [2.45, 2.75) is 45.5 Å². The lowest BCUT2D eigenvalue weighted by atomic mass is 9.78. The minimum Gasteiger partial charge on any atom is -0.406 e. The van der Waals surface area contributed by atoms with Crippen molar-refractivity contribution < 1.29 is 27.5 Å². The van der Waals surface area contributed by atoms with E-state index in [2.05, 4.69) is 29.2 Å². The highest BCUT2D eigenvalue weighted by molar-refractivity contribution is 5.92. The Balaban J connectivity index is 1.76. The Bertz CT molecular complexity index is 694. The molecule has 1 fully saturated rings. The minimum atomic E-state index is -4.76. The average Bonchev–Trinajstić information content (AvgIpc) is 2.59. The van der Waals surface area contributed by atoms with Gasteiger partial charge in [-0.3, -0.25) is 14.5 Å². The van der Waals surface area contributed by atoms with Gasteiger partial charge in [-0.2, -0.15) is 0 Å². The first-order valence-corrected chi connectivity index (χ1v) is 9.67. The molecule has 0 spiro atoms. The van der Waals surface area contributed by atoms with Gasteiger partial charge in [0.05, 0.1) is 13.1 Å². The number of carbonyl (C=O) groups is 2. The maximum absolute atomic E-state index is 12.3. The molecule has 0 unspecified atom stereocenters. The first-order valence-electron chi connectivity index (χ1n) is 9.67. The van der Waals surface area contributed by atoms with Gasteiger partial charge in [0.1, 0.15) is 5.75 Å². The fraction of sp³-hybridized carbons (Fsp3) is 0.600. The van der Waals surface area contributed by atoms with Gasteiger partial charge in [-0.25, -0.2) is 0 Å². The second-order valence-corrected chi connectivity index (χ2v) is 7.73. The summed E-state index contributed by atoms with van der Waals surface area (Å²) in [6, 6.07) is 5.03. The van der Waals surface area contributed by atoms with Crippen LogP contribution in [0.4, 0.5) is 18.9 Å². The van der Waals surface area contributed by atoms with Crippen LogP contribution in [0.2, 0.25) is 0 Å². The number of alkyl halides is 3. The molecular formula is C20H28F3N3O3. The summed E-state index contributed by atoms with van der Waals surface area (Å²) in [4.78, 5) is 26.0. The van der Waals surface area contributed by atoms with Gasteiger partial charge < -0.3 is 15.4 Å². The van der Waals surface area contributed by atoms with Gasteiger partial charge in [-0.1, -0.05) is 26.7 Å². The summed E-state index contributed by atoms with van der Waals surface area (Å²) in [5, 5.41) is 5.64. The third-order valence-electron chi connectivity index (χ3n) is 5.25. The number of hydrogen-bond acceptors (Lipinski definition) is 4. The third-order valence-corrected chi connectivity index (χ3v) is 5.25. The number of amides is 2. The predicted molar refractivity (Wildman–Crippen MR) is 103 cm³/mol. The summed E-state index contributed by atoms with van der Waals surface area (Å²) in [6.45, 7) is 4.41. The first-order chi connectivity index (χ1) is 13.5. The van der Waals surface area contributed by atoms with Gasteiger partial charge in [-0.05, 0) is 49.6 Å². The van der Waals surface area contributed by atoms with E-state index in [0.29, 0.717) is 17.5 Å². The van der Waals surface area contributed by atoms with Crippen LogP contribution in [0.3, 0.4) is 0 Å². The average molecular weight is 415 g/mol. The monoisotopic (exact) mass is 415 g/mol. The standard InChI is InChI=1S/C20H28F3N3O3/c1-13-5-4-6-17(14(13)2)25-19(28)12-26(3)11-18(27)24-15-7-9-16(10-8-15)29-20(21,22)23/h7-10,13-14,17H,4-6,11-12H2,1-3H3,(H,24,27)(H,25,28)/t13-,14+,17-/m0/s1. The topological polar surface area (TPSA) is 70.7 Å². The van der Waals surface area contributed by atoms with Crippen LogP contribution in [0, 0.1) is 11.8 Å². The lowest BCUT2D eigenvalue weighted by Gasteiger charge is -2.34. The van der Waals surface area contributed by atoms with Crippen LogP contribution in [0.15, 0.2) is 24.3 Å². The van der Waals surface area contributed by atoms with Crippen molar-refractivity contribution in [1.82, 2.24) is 10.2 Å². The van der Waals surface area contributed by atoms with Crippen molar-refractivity contribution in [1.29, 1.82) is 0 Å². The molecule has 0 aliphatic heterocycles. The van der Waals surface area contributed by atoms with Crippen molar-refractivity contribution in [2.75, 3.05) is 25.5 Å². The van der Waals surface area contributed by atoms with Crippen LogP contribution in [0.5, 0.6) is 5.75 Å². The molecule has 1 saturated carbocycles. The molecule has 0 bridgehead atoms. The molecule has 29 heavy (non-hydrogen) atoms. The molecule has 2 amide bonds. The second-order valence-electron chi connectivity index (χ2n) is 7.73. The maximum atomic E-state index is 12.3. The van der Waals surface area contributed by atoms with Crippen molar-refractivity contribution in [2.24, 2.45) is 11.8 Å². The lowest BCUT2D eigenvalue weighted by Crippen LogP contribution is -2.47. The molecular weight excluding hydrogens is 387 g/mol. The lowest BCUT2D eigenvalue weighted by molar-refractivity contribution is -0.274. The van der Waals surface area contributed by atoms with E-state index in [-0.39, 0.29) is 36.7 Å². The fourth-order valence-corrected chi connectivity index (χ4v) is 3.52. The molecule has 0 saturated heterocycles. The van der Waals surface area contributed by atoms with Crippen molar-refractivity contribution in [3.05, 3.63) is 24.3 Å². The van der Waals surface area contributed by atoms with E-state index in [0.717, 1.165) is 25.0 Å². The highest BCUT2D eigenvalue weighted by Gasteiger charge is 2.31. The van der Waals surface area contributed by atoms with Crippen LogP contribution < -0.4 is 15.4 Å². The number of likely N-dealkylation sites (N-methyl/N-ethyl adjacent to an activating group) is 1. The second kappa shape index (κ2) is 9.96. The van der Waals surface area contributed by atoms with E-state index in [9.17, 15) is 22.8 Å². The van der Waals surface area contributed by atoms with Crippen LogP contribution in [-0.2, 0) is 9.59 Å². The number of nitrogens with zero attached hydrogens (tertiary/aromatic N) is 1. The molecule has 2 rings (SSSR count). The molecule has 1 aliphatic carbocycles. The molecule has 6 nitrogen and oxygen atoms in total. The molecule has 0 radical (unpaired) electrons. The van der Waals surface area contributed by atoms with E-state index in [1.54, 1.807) is 11.9 Å². The summed E-state index contributed by atoms with van der Waals surface area (Å²) in [5.74, 6) is 0.135. The molecule has 2 N–H and O–H groups in total. The quantitative estimate of drug-likeness (QED) is 0.716. The van der Waals surface area contributed by atoms with Crippen LogP contribution in [0.25, 0.3) is 0 Å². The Morgan fingerprint density at radius 3 is 2.34 bits per heavy atom. The number of nitrogens with one attached hydrogen (secondary N) is 2. The zero-order chi connectivity index (χ0) is 21.6. The van der Waals surface area contributed by atoms with Gasteiger partial charge in [0.25, 0.3) is 0 Å². The third kappa shape index (κ3) is 7.92.